The summed E-state index contributed by atoms with van der Waals surface area (Å²) in [6.45, 7) is 5.45. The highest BCUT2D eigenvalue weighted by Crippen LogP contribution is 2.58. The third-order valence-corrected chi connectivity index (χ3v) is 6.52. The number of ketones is 1. The Balaban J connectivity index is 1.78. The predicted octanol–water partition coefficient (Wildman–Crippen LogP) is 2.83. The molecule has 128 valence electrons. The quantitative estimate of drug-likeness (QED) is 0.787. The summed E-state index contributed by atoms with van der Waals surface area (Å²) < 4.78 is 0. The first-order valence-electron chi connectivity index (χ1n) is 8.70. The lowest BCUT2D eigenvalue weighted by atomic mass is 9.69. The molecule has 25 heavy (non-hydrogen) atoms. The molecule has 0 radical (unpaired) electrons. The van der Waals surface area contributed by atoms with Crippen molar-refractivity contribution in [1.82, 2.24) is 9.88 Å². The van der Waals surface area contributed by atoms with E-state index in [1.165, 1.54) is 17.9 Å². The van der Waals surface area contributed by atoms with E-state index in [-0.39, 0.29) is 34.9 Å². The van der Waals surface area contributed by atoms with E-state index >= 15 is 0 Å². The second-order valence-corrected chi connectivity index (χ2v) is 8.01. The van der Waals surface area contributed by atoms with Gasteiger partial charge >= 0.3 is 0 Å². The number of aromatic amines is 1. The number of H-pyrrole nitrogens is 1. The predicted molar refractivity (Wildman–Crippen MR) is 93.3 cm³/mol. The number of nitrogens with zero attached hydrogens (tertiary/aromatic N) is 1. The average Bonchev–Trinajstić information content (AvgIpc) is 3.14. The zero-order chi connectivity index (χ0) is 17.7. The molecule has 3 aliphatic rings. The number of Topliss-reactive ketones (excluding diaryl/α,β-unsaturated/α-hetero) is 1. The summed E-state index contributed by atoms with van der Waals surface area (Å²) in [5, 5.41) is 12.0. The molecule has 1 aromatic carbocycles. The monoisotopic (exact) mass is 336 g/mol. The van der Waals surface area contributed by atoms with Gasteiger partial charge in [0.05, 0.1) is 6.04 Å². The number of carbonyl (C=O) groups excluding carboxylic acids is 2. The Labute approximate surface area is 145 Å². The zero-order valence-electron chi connectivity index (χ0n) is 14.5. The van der Waals surface area contributed by atoms with E-state index in [1.807, 2.05) is 6.20 Å². The number of nitrogens with one attached hydrogen (secondary N) is 1. The molecule has 1 saturated heterocycles. The first kappa shape index (κ1) is 14.8. The molecule has 5 heteroatoms. The molecule has 5 nitrogen and oxygen atoms in total. The van der Waals surface area contributed by atoms with E-state index in [2.05, 4.69) is 37.0 Å². The molecular formula is C20H20N2O3. The lowest BCUT2D eigenvalue weighted by Gasteiger charge is -2.37. The van der Waals surface area contributed by atoms with Crippen LogP contribution in [0, 0.1) is 5.92 Å². The van der Waals surface area contributed by atoms with Crippen molar-refractivity contribution in [2.45, 2.75) is 44.7 Å². The van der Waals surface area contributed by atoms with Crippen molar-refractivity contribution in [3.8, 4) is 0 Å². The lowest BCUT2D eigenvalue weighted by Crippen LogP contribution is -2.47. The van der Waals surface area contributed by atoms with Crippen LogP contribution in [0.2, 0.25) is 0 Å². The fraction of sp³-hybridized carbons (Fsp3) is 0.400. The molecule has 1 amide bonds. The highest BCUT2D eigenvalue weighted by atomic mass is 16.3. The minimum Gasteiger partial charge on any atom is -0.509 e. The molecule has 2 aliphatic heterocycles. The molecule has 1 fully saturated rings. The van der Waals surface area contributed by atoms with Gasteiger partial charge in [-0.3, -0.25) is 9.59 Å². The van der Waals surface area contributed by atoms with Crippen LogP contribution in [0.25, 0.3) is 10.9 Å². The summed E-state index contributed by atoms with van der Waals surface area (Å²) in [6, 6.07) is 5.81. The Hall–Kier alpha value is -2.56. The van der Waals surface area contributed by atoms with Gasteiger partial charge in [-0.05, 0) is 50.3 Å². The normalized spacial score (nSPS) is 29.3. The summed E-state index contributed by atoms with van der Waals surface area (Å²) >= 11 is 0. The number of aliphatic hydroxyl groups is 1. The fourth-order valence-electron chi connectivity index (χ4n) is 5.47. The van der Waals surface area contributed by atoms with Crippen LogP contribution < -0.4 is 0 Å². The van der Waals surface area contributed by atoms with Crippen LogP contribution in [0.5, 0.6) is 0 Å². The second-order valence-electron chi connectivity index (χ2n) is 8.01. The number of aromatic nitrogens is 1. The van der Waals surface area contributed by atoms with Crippen molar-refractivity contribution in [3.05, 3.63) is 46.9 Å². The Kier molecular flexibility index (Phi) is 2.56. The number of hydrogen-bond acceptors (Lipinski definition) is 3. The molecule has 5 rings (SSSR count). The molecule has 3 heterocycles. The largest absolute Gasteiger partial charge is 0.509 e. The third kappa shape index (κ3) is 1.54. The van der Waals surface area contributed by atoms with E-state index in [4.69, 9.17) is 0 Å². The third-order valence-electron chi connectivity index (χ3n) is 6.52. The molecular weight excluding hydrogens is 316 g/mol. The van der Waals surface area contributed by atoms with Gasteiger partial charge in [-0.15, -0.1) is 0 Å². The van der Waals surface area contributed by atoms with Crippen LogP contribution in [-0.2, 0) is 16.0 Å². The molecule has 0 unspecified atom stereocenters. The van der Waals surface area contributed by atoms with Crippen molar-refractivity contribution >= 4 is 22.6 Å². The average molecular weight is 336 g/mol. The summed E-state index contributed by atoms with van der Waals surface area (Å²) in [5.74, 6) is -0.540. The number of hydrogen-bond donors (Lipinski definition) is 2. The number of amides is 1. The van der Waals surface area contributed by atoms with Crippen molar-refractivity contribution in [1.29, 1.82) is 0 Å². The molecule has 2 aromatic rings. The standard InChI is InChI=1S/C20H20N2O3/c1-9(23)14-18(24)17-16-11-8-21-13-6-4-5-10(15(11)13)7-12(16)20(2,3)22(17)19(14)25/h4-6,8,12,16-17,21,24H,7H2,1-3H3/t12-,16+,17-/m1/s1. The fourth-order valence-corrected chi connectivity index (χ4v) is 5.47. The van der Waals surface area contributed by atoms with E-state index in [9.17, 15) is 14.7 Å². The smallest absolute Gasteiger partial charge is 0.262 e. The van der Waals surface area contributed by atoms with E-state index < -0.39 is 11.6 Å². The van der Waals surface area contributed by atoms with Crippen molar-refractivity contribution in [3.63, 3.8) is 0 Å². The molecule has 0 saturated carbocycles. The van der Waals surface area contributed by atoms with Crippen LogP contribution in [0.3, 0.4) is 0 Å². The van der Waals surface area contributed by atoms with Crippen LogP contribution in [-0.4, -0.2) is 38.3 Å². The molecule has 0 spiro atoms. The highest BCUT2D eigenvalue weighted by Gasteiger charge is 2.63. The number of rotatable bonds is 1. The molecule has 1 aromatic heterocycles. The maximum Gasteiger partial charge on any atom is 0.262 e. The second kappa shape index (κ2) is 4.34. The van der Waals surface area contributed by atoms with Gasteiger partial charge in [0, 0.05) is 28.6 Å². The molecule has 1 aliphatic carbocycles. The van der Waals surface area contributed by atoms with Gasteiger partial charge in [0.2, 0.25) is 0 Å². The maximum atomic E-state index is 12.9. The summed E-state index contributed by atoms with van der Waals surface area (Å²) in [6.07, 6.45) is 2.87. The topological polar surface area (TPSA) is 73.4 Å². The van der Waals surface area contributed by atoms with Gasteiger partial charge in [-0.1, -0.05) is 12.1 Å². The Morgan fingerprint density at radius 3 is 2.84 bits per heavy atom. The first-order chi connectivity index (χ1) is 11.8. The molecule has 2 N–H and O–H groups in total. The Bertz CT molecular complexity index is 998. The Morgan fingerprint density at radius 1 is 1.36 bits per heavy atom. The van der Waals surface area contributed by atoms with Gasteiger partial charge in [-0.25, -0.2) is 0 Å². The molecule has 3 atom stereocenters. The minimum absolute atomic E-state index is 0.000509. The van der Waals surface area contributed by atoms with Crippen LogP contribution in [0.4, 0.5) is 0 Å². The van der Waals surface area contributed by atoms with E-state index in [1.54, 1.807) is 4.90 Å². The maximum absolute atomic E-state index is 12.9. The lowest BCUT2D eigenvalue weighted by molar-refractivity contribution is -0.132. The van der Waals surface area contributed by atoms with Crippen LogP contribution in [0.1, 0.15) is 37.8 Å². The van der Waals surface area contributed by atoms with Gasteiger partial charge in [-0.2, -0.15) is 0 Å². The highest BCUT2D eigenvalue weighted by molar-refractivity contribution is 6.21. The number of aliphatic hydroxyl groups excluding tert-OH is 1. The SMILES string of the molecule is CC(=O)C1=C(O)[C@H]2[C@H]3c4c[nH]c5cccc(c45)C[C@H]3C(C)(C)N2C1=O. The van der Waals surface area contributed by atoms with Crippen LogP contribution >= 0.6 is 0 Å². The van der Waals surface area contributed by atoms with Crippen molar-refractivity contribution in [2.75, 3.05) is 0 Å². The summed E-state index contributed by atoms with van der Waals surface area (Å²) in [4.78, 5) is 29.9. The van der Waals surface area contributed by atoms with Gasteiger partial charge < -0.3 is 15.0 Å². The molecule has 0 bridgehead atoms. The number of carbonyl (C=O) groups is 2. The minimum atomic E-state index is -0.446. The van der Waals surface area contributed by atoms with E-state index in [0.29, 0.717) is 0 Å². The number of benzene rings is 1. The summed E-state index contributed by atoms with van der Waals surface area (Å²) in [7, 11) is 0. The van der Waals surface area contributed by atoms with Crippen LogP contribution in [0.15, 0.2) is 35.7 Å². The first-order valence-corrected chi connectivity index (χ1v) is 8.70. The van der Waals surface area contributed by atoms with Gasteiger partial charge in [0.25, 0.3) is 5.91 Å². The number of fused-ring (bicyclic) bond motifs is 4. The zero-order valence-corrected chi connectivity index (χ0v) is 14.5. The Morgan fingerprint density at radius 2 is 2.12 bits per heavy atom. The van der Waals surface area contributed by atoms with E-state index in [0.717, 1.165) is 17.5 Å². The van der Waals surface area contributed by atoms with Gasteiger partial charge in [0.15, 0.2) is 5.78 Å². The van der Waals surface area contributed by atoms with Crippen molar-refractivity contribution in [2.24, 2.45) is 5.92 Å². The van der Waals surface area contributed by atoms with Gasteiger partial charge in [0.1, 0.15) is 11.3 Å². The van der Waals surface area contributed by atoms with Crippen molar-refractivity contribution < 1.29 is 14.7 Å². The summed E-state index contributed by atoms with van der Waals surface area (Å²) in [5.41, 5.74) is 3.04.